The van der Waals surface area contributed by atoms with Crippen LogP contribution in [-0.4, -0.2) is 0 Å². The second kappa shape index (κ2) is 14.8. The van der Waals surface area contributed by atoms with E-state index in [1.54, 1.807) is 0 Å². The smallest absolute Gasteiger partial charge is 0.00992 e. The molecular formula is C37H58. The van der Waals surface area contributed by atoms with Gasteiger partial charge in [0.15, 0.2) is 0 Å². The first-order valence-corrected chi connectivity index (χ1v) is 15.1. The van der Waals surface area contributed by atoms with Crippen LogP contribution in [0.25, 0.3) is 11.1 Å². The summed E-state index contributed by atoms with van der Waals surface area (Å²) in [4.78, 5) is 0. The van der Waals surface area contributed by atoms with E-state index < -0.39 is 0 Å². The predicted molar refractivity (Wildman–Crippen MR) is 170 cm³/mol. The van der Waals surface area contributed by atoms with E-state index in [2.05, 4.69) is 117 Å². The molecule has 0 nitrogen and oxygen atoms in total. The molecule has 0 amide bonds. The number of hydrogen-bond donors (Lipinski definition) is 0. The summed E-state index contributed by atoms with van der Waals surface area (Å²) in [5.41, 5.74) is 10.8. The Morgan fingerprint density at radius 2 is 1.16 bits per heavy atom. The van der Waals surface area contributed by atoms with Gasteiger partial charge < -0.3 is 0 Å². The fraction of sp³-hybridized carbons (Fsp3) is 0.568. The maximum absolute atomic E-state index is 2.46. The molecular weight excluding hydrogens is 444 g/mol. The summed E-state index contributed by atoms with van der Waals surface area (Å²) >= 11 is 0. The van der Waals surface area contributed by atoms with E-state index in [1.165, 1.54) is 64.6 Å². The van der Waals surface area contributed by atoms with Gasteiger partial charge in [0, 0.05) is 5.92 Å². The highest BCUT2D eigenvalue weighted by atomic mass is 14.3. The van der Waals surface area contributed by atoms with Crippen molar-refractivity contribution in [1.29, 1.82) is 0 Å². The molecule has 0 saturated carbocycles. The number of unbranched alkanes of at least 4 members (excludes halogenated alkanes) is 1. The van der Waals surface area contributed by atoms with Crippen LogP contribution in [0.5, 0.6) is 0 Å². The van der Waals surface area contributed by atoms with E-state index in [1.807, 2.05) is 27.7 Å². The van der Waals surface area contributed by atoms with Gasteiger partial charge in [-0.3, -0.25) is 0 Å². The first-order chi connectivity index (χ1) is 17.5. The van der Waals surface area contributed by atoms with E-state index in [4.69, 9.17) is 0 Å². The van der Waals surface area contributed by atoms with Crippen LogP contribution in [0.4, 0.5) is 0 Å². The Hall–Kier alpha value is -2.08. The minimum absolute atomic E-state index is 0.207. The second-order valence-corrected chi connectivity index (χ2v) is 12.1. The zero-order valence-electron chi connectivity index (χ0n) is 26.7. The first-order valence-electron chi connectivity index (χ1n) is 15.1. The van der Waals surface area contributed by atoms with Gasteiger partial charge in [0.1, 0.15) is 0 Å². The summed E-state index contributed by atoms with van der Waals surface area (Å²) < 4.78 is 0. The van der Waals surface area contributed by atoms with Gasteiger partial charge in [-0.05, 0) is 69.4 Å². The third-order valence-electron chi connectivity index (χ3n) is 7.19. The van der Waals surface area contributed by atoms with Gasteiger partial charge in [0.05, 0.1) is 0 Å². The standard InChI is InChI=1S/C23H30.C10H16.2C2H6/c1-8-17-20-13-15(22(2,3)4)9-11-18(20)19-12-10-16(14-21(17)19)23(5,6)7;1-3-4-5-10-7-6-9(2)8-10;2*1-2/h9-14,17H,8H2,1-7H3;6-9H,3-5H2,1-2H3;2*1-2H3. The molecule has 0 bridgehead atoms. The SMILES string of the molecule is CC.CC.CCC1c2cc(C(C)(C)C)ccc2-c2ccc(C(C)(C)C)cc21.CCCCC1=CC(C)C=C1. The lowest BCUT2D eigenvalue weighted by molar-refractivity contribution is 0.587. The number of allylic oxidation sites excluding steroid dienone is 4. The zero-order valence-corrected chi connectivity index (χ0v) is 26.7. The lowest BCUT2D eigenvalue weighted by atomic mass is 9.83. The molecule has 0 aromatic heterocycles. The average Bonchev–Trinajstić information content (AvgIpc) is 3.43. The van der Waals surface area contributed by atoms with Crippen molar-refractivity contribution in [3.05, 3.63) is 82.5 Å². The molecule has 0 N–H and O–H groups in total. The van der Waals surface area contributed by atoms with Crippen LogP contribution in [0, 0.1) is 5.92 Å². The Balaban J connectivity index is 0.000000409. The van der Waals surface area contributed by atoms with Gasteiger partial charge >= 0.3 is 0 Å². The quantitative estimate of drug-likeness (QED) is 0.390. The highest BCUT2D eigenvalue weighted by Crippen LogP contribution is 2.48. The van der Waals surface area contributed by atoms with E-state index >= 15 is 0 Å². The molecule has 0 spiro atoms. The van der Waals surface area contributed by atoms with E-state index in [0.717, 1.165) is 0 Å². The molecule has 1 atom stereocenters. The van der Waals surface area contributed by atoms with E-state index in [9.17, 15) is 0 Å². The molecule has 1 unspecified atom stereocenters. The fourth-order valence-corrected chi connectivity index (χ4v) is 5.00. The van der Waals surface area contributed by atoms with Crippen LogP contribution in [-0.2, 0) is 10.8 Å². The molecule has 0 aliphatic heterocycles. The van der Waals surface area contributed by atoms with E-state index in [0.29, 0.717) is 11.8 Å². The van der Waals surface area contributed by atoms with Crippen LogP contribution in [0.3, 0.4) is 0 Å². The molecule has 2 aromatic rings. The molecule has 0 radical (unpaired) electrons. The number of hydrogen-bond acceptors (Lipinski definition) is 0. The third-order valence-corrected chi connectivity index (χ3v) is 7.19. The van der Waals surface area contributed by atoms with E-state index in [-0.39, 0.29) is 10.8 Å². The Labute approximate surface area is 231 Å². The molecule has 2 aliphatic rings. The Kier molecular flexibility index (Phi) is 13.1. The molecule has 0 heterocycles. The maximum atomic E-state index is 2.46. The molecule has 2 aliphatic carbocycles. The third kappa shape index (κ3) is 8.73. The Bertz CT molecular complexity index is 953. The Morgan fingerprint density at radius 3 is 1.49 bits per heavy atom. The summed E-state index contributed by atoms with van der Waals surface area (Å²) in [5.74, 6) is 1.23. The van der Waals surface area contributed by atoms with Crippen LogP contribution >= 0.6 is 0 Å². The highest BCUT2D eigenvalue weighted by molar-refractivity contribution is 5.79. The fourth-order valence-electron chi connectivity index (χ4n) is 5.00. The van der Waals surface area contributed by atoms with Crippen molar-refractivity contribution >= 4 is 0 Å². The monoisotopic (exact) mass is 502 g/mol. The minimum Gasteiger partial charge on any atom is -0.0776 e. The predicted octanol–water partition coefficient (Wildman–Crippen LogP) is 12.2. The van der Waals surface area contributed by atoms with Crippen molar-refractivity contribution in [3.63, 3.8) is 0 Å². The van der Waals surface area contributed by atoms with Gasteiger partial charge in [0.25, 0.3) is 0 Å². The molecule has 0 heteroatoms. The molecule has 37 heavy (non-hydrogen) atoms. The van der Waals surface area contributed by atoms with Gasteiger partial charge in [-0.2, -0.15) is 0 Å². The van der Waals surface area contributed by atoms with Gasteiger partial charge in [-0.25, -0.2) is 0 Å². The largest absolute Gasteiger partial charge is 0.0776 e. The highest BCUT2D eigenvalue weighted by Gasteiger charge is 2.30. The van der Waals surface area contributed by atoms with Crippen molar-refractivity contribution in [2.45, 2.75) is 132 Å². The van der Waals surface area contributed by atoms with Crippen molar-refractivity contribution in [2.24, 2.45) is 5.92 Å². The van der Waals surface area contributed by atoms with Gasteiger partial charge in [-0.15, -0.1) is 0 Å². The Morgan fingerprint density at radius 1 is 0.703 bits per heavy atom. The molecule has 206 valence electrons. The summed E-state index contributed by atoms with van der Waals surface area (Å²) in [5, 5.41) is 0. The first kappa shape index (κ1) is 32.9. The minimum atomic E-state index is 0.207. The van der Waals surface area contributed by atoms with Crippen LogP contribution in [0.1, 0.15) is 144 Å². The van der Waals surface area contributed by atoms with Crippen LogP contribution < -0.4 is 0 Å². The maximum Gasteiger partial charge on any atom is 0.00992 e. The topological polar surface area (TPSA) is 0 Å². The van der Waals surface area contributed by atoms with Gasteiger partial charge in [-0.1, -0.05) is 157 Å². The zero-order chi connectivity index (χ0) is 28.4. The second-order valence-electron chi connectivity index (χ2n) is 12.1. The van der Waals surface area contributed by atoms with Crippen LogP contribution in [0.15, 0.2) is 60.2 Å². The number of benzene rings is 2. The van der Waals surface area contributed by atoms with Crippen molar-refractivity contribution in [1.82, 2.24) is 0 Å². The molecule has 2 aromatic carbocycles. The van der Waals surface area contributed by atoms with Crippen LogP contribution in [0.2, 0.25) is 0 Å². The molecule has 0 fully saturated rings. The van der Waals surface area contributed by atoms with Crippen molar-refractivity contribution in [2.75, 3.05) is 0 Å². The summed E-state index contributed by atoms with van der Waals surface area (Å²) in [7, 11) is 0. The summed E-state index contributed by atoms with van der Waals surface area (Å²) in [6.45, 7) is 28.6. The summed E-state index contributed by atoms with van der Waals surface area (Å²) in [6, 6.07) is 14.2. The van der Waals surface area contributed by atoms with Crippen molar-refractivity contribution < 1.29 is 0 Å². The van der Waals surface area contributed by atoms with Gasteiger partial charge in [0.2, 0.25) is 0 Å². The summed E-state index contributed by atoms with van der Waals surface area (Å²) in [6.07, 6.45) is 12.0. The number of rotatable bonds is 4. The number of fused-ring (bicyclic) bond motifs is 3. The lowest BCUT2D eigenvalue weighted by Crippen LogP contribution is -2.12. The molecule has 4 rings (SSSR count). The van der Waals surface area contributed by atoms with Crippen molar-refractivity contribution in [3.8, 4) is 11.1 Å². The lowest BCUT2D eigenvalue weighted by Gasteiger charge is -2.22. The average molecular weight is 503 g/mol. The normalized spacial score (nSPS) is 15.8. The molecule has 0 saturated heterocycles.